The number of hydrogen-bond donors (Lipinski definition) is 0. The summed E-state index contributed by atoms with van der Waals surface area (Å²) in [6.07, 6.45) is 7.24. The maximum absolute atomic E-state index is 13.1. The van der Waals surface area contributed by atoms with Crippen LogP contribution in [0.25, 0.3) is 16.8 Å². The second-order valence-corrected chi connectivity index (χ2v) is 27.4. The highest BCUT2D eigenvalue weighted by molar-refractivity contribution is 6.76. The number of amides is 1. The minimum atomic E-state index is -1.26. The Hall–Kier alpha value is -2.75. The van der Waals surface area contributed by atoms with Crippen LogP contribution in [0.15, 0.2) is 18.6 Å². The van der Waals surface area contributed by atoms with Crippen LogP contribution in [0.2, 0.25) is 51.4 Å². The monoisotopic (exact) mass is 671 g/mol. The van der Waals surface area contributed by atoms with E-state index in [0.717, 1.165) is 58.8 Å². The molecule has 11 nitrogen and oxygen atoms in total. The number of aromatic nitrogens is 5. The van der Waals surface area contributed by atoms with Gasteiger partial charge in [0.1, 0.15) is 24.9 Å². The molecule has 0 N–H and O–H groups in total. The third-order valence-electron chi connectivity index (χ3n) is 8.15. The molecule has 0 aliphatic carbocycles. The highest BCUT2D eigenvalue weighted by atomic mass is 28.3. The summed E-state index contributed by atoms with van der Waals surface area (Å²) in [7, 11) is -0.605. The smallest absolute Gasteiger partial charge is 0.410 e. The number of rotatable bonds is 13. The first-order valence-corrected chi connectivity index (χ1v) is 24.1. The van der Waals surface area contributed by atoms with Crippen LogP contribution in [0.3, 0.4) is 0 Å². The van der Waals surface area contributed by atoms with Crippen LogP contribution in [0, 0.1) is 6.92 Å². The molecule has 0 bridgehead atoms. The molecule has 46 heavy (non-hydrogen) atoms. The van der Waals surface area contributed by atoms with Gasteiger partial charge in [0.05, 0.1) is 18.1 Å². The number of nitrogens with zero attached hydrogens (tertiary/aromatic N) is 7. The second kappa shape index (κ2) is 14.6. The lowest BCUT2D eigenvalue weighted by atomic mass is 9.92. The molecule has 1 aliphatic heterocycles. The van der Waals surface area contributed by atoms with Crippen molar-refractivity contribution >= 4 is 33.7 Å². The Bertz CT molecular complexity index is 1450. The lowest BCUT2D eigenvalue weighted by Crippen LogP contribution is -2.42. The van der Waals surface area contributed by atoms with Crippen molar-refractivity contribution in [2.24, 2.45) is 7.05 Å². The number of piperidine rings is 1. The average Bonchev–Trinajstić information content (AvgIpc) is 3.56. The van der Waals surface area contributed by atoms with E-state index in [4.69, 9.17) is 24.3 Å². The highest BCUT2D eigenvalue weighted by Crippen LogP contribution is 2.36. The molecule has 0 spiro atoms. The molecule has 3 aromatic heterocycles. The minimum Gasteiger partial charge on any atom is -0.444 e. The number of carbonyl (C=O) groups excluding carboxylic acids is 1. The topological polar surface area (TPSA) is 99.3 Å². The molecular formula is C33H57N7O4Si2. The number of fused-ring (bicyclic) bond motifs is 1. The van der Waals surface area contributed by atoms with Gasteiger partial charge >= 0.3 is 6.09 Å². The third kappa shape index (κ3) is 9.88. The standard InChI is InChI=1S/C33H57N7O4Si2/c1-25-29(26-13-12-14-38(22-26)32(41)44-33(2,3)4)36-30-28(27-19-34-37(5)21-27)20-35-40(30)31(25)39(23-42-15-17-45(6,7)8)24-43-16-18-46(9,10)11/h19-21,26H,12-18,22-24H2,1-11H3. The number of likely N-dealkylation sites (tertiary alicyclic amines) is 1. The van der Waals surface area contributed by atoms with Crippen molar-refractivity contribution in [3.05, 3.63) is 29.8 Å². The Morgan fingerprint density at radius 2 is 1.63 bits per heavy atom. The number of aryl methyl sites for hydroxylation is 1. The van der Waals surface area contributed by atoms with E-state index in [9.17, 15) is 4.79 Å². The first-order valence-electron chi connectivity index (χ1n) is 16.7. The molecule has 3 aromatic rings. The Labute approximate surface area is 277 Å². The molecule has 13 heteroatoms. The maximum atomic E-state index is 13.1. The Morgan fingerprint density at radius 1 is 1.00 bits per heavy atom. The summed E-state index contributed by atoms with van der Waals surface area (Å²) in [4.78, 5) is 22.4. The van der Waals surface area contributed by atoms with Gasteiger partial charge in [-0.1, -0.05) is 39.3 Å². The van der Waals surface area contributed by atoms with Gasteiger partial charge in [-0.3, -0.25) is 4.68 Å². The second-order valence-electron chi connectivity index (χ2n) is 16.1. The summed E-state index contributed by atoms with van der Waals surface area (Å²) in [5, 5.41) is 9.30. The van der Waals surface area contributed by atoms with E-state index in [0.29, 0.717) is 39.8 Å². The van der Waals surface area contributed by atoms with Crippen LogP contribution in [0.4, 0.5) is 10.6 Å². The van der Waals surface area contributed by atoms with E-state index in [-0.39, 0.29) is 12.0 Å². The van der Waals surface area contributed by atoms with Crippen molar-refractivity contribution in [3.63, 3.8) is 0 Å². The van der Waals surface area contributed by atoms with Gasteiger partial charge in [-0.05, 0) is 52.6 Å². The van der Waals surface area contributed by atoms with Crippen LogP contribution < -0.4 is 4.90 Å². The molecule has 0 aromatic carbocycles. The van der Waals surface area contributed by atoms with E-state index in [1.807, 2.05) is 55.8 Å². The molecule has 0 saturated carbocycles. The van der Waals surface area contributed by atoms with Gasteiger partial charge < -0.3 is 24.0 Å². The molecule has 1 fully saturated rings. The molecule has 1 aliphatic rings. The average molecular weight is 672 g/mol. The fraction of sp³-hybridized carbons (Fsp3) is 0.697. The fourth-order valence-electron chi connectivity index (χ4n) is 5.57. The maximum Gasteiger partial charge on any atom is 0.410 e. The summed E-state index contributed by atoms with van der Waals surface area (Å²) in [5.41, 5.74) is 4.06. The van der Waals surface area contributed by atoms with Crippen molar-refractivity contribution in [2.45, 2.75) is 103 Å². The number of hydrogen-bond acceptors (Lipinski definition) is 8. The first kappa shape index (κ1) is 36.1. The van der Waals surface area contributed by atoms with Gasteiger partial charge in [0.25, 0.3) is 0 Å². The zero-order chi connectivity index (χ0) is 33.9. The van der Waals surface area contributed by atoms with Crippen molar-refractivity contribution < 1.29 is 19.0 Å². The van der Waals surface area contributed by atoms with Crippen molar-refractivity contribution in [1.29, 1.82) is 0 Å². The normalized spacial score (nSPS) is 16.3. The third-order valence-corrected chi connectivity index (χ3v) is 11.6. The predicted octanol–water partition coefficient (Wildman–Crippen LogP) is 6.98. The van der Waals surface area contributed by atoms with Gasteiger partial charge in [0.15, 0.2) is 5.65 Å². The zero-order valence-corrected chi connectivity index (χ0v) is 32.1. The summed E-state index contributed by atoms with van der Waals surface area (Å²) >= 11 is 0. The zero-order valence-electron chi connectivity index (χ0n) is 30.1. The van der Waals surface area contributed by atoms with Crippen LogP contribution in [0.5, 0.6) is 0 Å². The quantitative estimate of drug-likeness (QED) is 0.109. The van der Waals surface area contributed by atoms with Crippen LogP contribution >= 0.6 is 0 Å². The van der Waals surface area contributed by atoms with Crippen molar-refractivity contribution in [1.82, 2.24) is 29.3 Å². The largest absolute Gasteiger partial charge is 0.444 e. The molecule has 256 valence electrons. The van der Waals surface area contributed by atoms with Crippen LogP contribution in [-0.2, 0) is 21.3 Å². The minimum absolute atomic E-state index is 0.0455. The highest BCUT2D eigenvalue weighted by Gasteiger charge is 2.32. The Morgan fingerprint density at radius 3 is 2.17 bits per heavy atom. The van der Waals surface area contributed by atoms with Crippen molar-refractivity contribution in [3.8, 4) is 11.1 Å². The van der Waals surface area contributed by atoms with E-state index < -0.39 is 21.7 Å². The van der Waals surface area contributed by atoms with Gasteiger partial charge in [0.2, 0.25) is 0 Å². The summed E-state index contributed by atoms with van der Waals surface area (Å²) < 4.78 is 22.2. The van der Waals surface area contributed by atoms with Gasteiger partial charge in [-0.2, -0.15) is 14.7 Å². The molecule has 1 unspecified atom stereocenters. The number of anilines is 1. The van der Waals surface area contributed by atoms with Gasteiger partial charge in [0, 0.05) is 78.3 Å². The summed E-state index contributed by atoms with van der Waals surface area (Å²) in [6, 6.07) is 2.17. The van der Waals surface area contributed by atoms with E-state index in [1.54, 1.807) is 4.68 Å². The molecular weight excluding hydrogens is 615 g/mol. The van der Waals surface area contributed by atoms with Crippen LogP contribution in [-0.4, -0.2) is 96.9 Å². The Balaban J connectivity index is 1.76. The van der Waals surface area contributed by atoms with Gasteiger partial charge in [-0.25, -0.2) is 9.78 Å². The molecule has 1 atom stereocenters. The molecule has 0 radical (unpaired) electrons. The summed E-state index contributed by atoms with van der Waals surface area (Å²) in [6.45, 7) is 25.4. The molecule has 4 heterocycles. The van der Waals surface area contributed by atoms with Crippen molar-refractivity contribution in [2.75, 3.05) is 44.7 Å². The predicted molar refractivity (Wildman–Crippen MR) is 190 cm³/mol. The molecule has 4 rings (SSSR count). The number of ether oxygens (including phenoxy) is 3. The van der Waals surface area contributed by atoms with Gasteiger partial charge in [-0.15, -0.1) is 0 Å². The SMILES string of the molecule is Cc1c(C2CCCN(C(=O)OC(C)(C)C)C2)nc2c(-c3cnn(C)c3)cnn2c1N(COCC[Si](C)(C)C)COCC[Si](C)(C)C. The van der Waals surface area contributed by atoms with E-state index in [2.05, 4.69) is 56.2 Å². The lowest BCUT2D eigenvalue weighted by Gasteiger charge is -2.35. The van der Waals surface area contributed by atoms with Crippen LogP contribution in [0.1, 0.15) is 50.8 Å². The fourth-order valence-corrected chi connectivity index (χ4v) is 7.08. The van der Waals surface area contributed by atoms with E-state index >= 15 is 0 Å². The lowest BCUT2D eigenvalue weighted by molar-refractivity contribution is 0.0197. The van der Waals surface area contributed by atoms with E-state index in [1.165, 1.54) is 0 Å². The Kier molecular flexibility index (Phi) is 11.4. The first-order chi connectivity index (χ1) is 21.4. The molecule has 1 amide bonds. The summed E-state index contributed by atoms with van der Waals surface area (Å²) in [5.74, 6) is 0.953. The molecule has 1 saturated heterocycles. The number of carbonyl (C=O) groups is 1.